The van der Waals surface area contributed by atoms with Crippen LogP contribution in [0.3, 0.4) is 0 Å². The first-order valence-electron chi connectivity index (χ1n) is 26.2. The zero-order chi connectivity index (χ0) is 51.3. The summed E-state index contributed by atoms with van der Waals surface area (Å²) in [4.78, 5) is 7.43. The van der Waals surface area contributed by atoms with Gasteiger partial charge in [-0.05, 0) is 169 Å². The van der Waals surface area contributed by atoms with Crippen LogP contribution in [0.15, 0.2) is 194 Å². The van der Waals surface area contributed by atoms with E-state index in [1.807, 2.05) is 0 Å². The quantitative estimate of drug-likeness (QED) is 0.148. The largest absolute Gasteiger partial charge is 0.454 e. The molecule has 0 saturated carbocycles. The molecule has 0 bridgehead atoms. The Balaban J connectivity index is 1.16. The smallest absolute Gasteiger partial charge is 0.252 e. The van der Waals surface area contributed by atoms with E-state index in [1.54, 1.807) is 0 Å². The summed E-state index contributed by atoms with van der Waals surface area (Å²) in [6.45, 7) is 23.0. The summed E-state index contributed by atoms with van der Waals surface area (Å²) in [5, 5.41) is 0. The fourth-order valence-corrected chi connectivity index (χ4v) is 11.3. The second-order valence-corrected chi connectivity index (χ2v) is 23.6. The number of ether oxygens (including phenoxy) is 2. The fraction of sp³-hybridized carbons (Fsp3) is 0.206. The van der Waals surface area contributed by atoms with E-state index in [9.17, 15) is 0 Å². The molecule has 0 radical (unpaired) electrons. The second kappa shape index (κ2) is 17.6. The van der Waals surface area contributed by atoms with Crippen molar-refractivity contribution in [3.8, 4) is 33.8 Å². The van der Waals surface area contributed by atoms with E-state index in [1.165, 1.54) is 49.8 Å². The predicted molar refractivity (Wildman–Crippen MR) is 313 cm³/mol. The van der Waals surface area contributed by atoms with Gasteiger partial charge in [0, 0.05) is 51.6 Å². The van der Waals surface area contributed by atoms with Crippen molar-refractivity contribution in [2.75, 3.05) is 21.5 Å². The SMILES string of the molecule is Cc1cc2c3c(c1)N(c1cc(-c4ccc(C(C)(C)C)cc4)cc(-c4ccc(C(C)(C)C)cc4)c1)c1cc(N(c4ccccc4)c4ccccc4)ccc1B3c1cc(C(C)(C)C)ccc1N2c1ccc2c(c1)OCO2. The van der Waals surface area contributed by atoms with E-state index in [4.69, 9.17) is 9.47 Å². The van der Waals surface area contributed by atoms with Crippen LogP contribution in [0.2, 0.25) is 0 Å². The molecule has 0 aliphatic carbocycles. The topological polar surface area (TPSA) is 28.2 Å². The predicted octanol–water partition coefficient (Wildman–Crippen LogP) is 16.5. The highest BCUT2D eigenvalue weighted by molar-refractivity contribution is 7.00. The molecule has 74 heavy (non-hydrogen) atoms. The minimum Gasteiger partial charge on any atom is -0.454 e. The summed E-state index contributed by atoms with van der Waals surface area (Å²) >= 11 is 0. The third-order valence-electron chi connectivity index (χ3n) is 15.3. The summed E-state index contributed by atoms with van der Waals surface area (Å²) in [6, 6.07) is 72.7. The van der Waals surface area contributed by atoms with Gasteiger partial charge in [0.2, 0.25) is 6.79 Å². The Hall–Kier alpha value is -7.96. The summed E-state index contributed by atoms with van der Waals surface area (Å²) in [7, 11) is 0. The van der Waals surface area contributed by atoms with Crippen LogP contribution in [0.5, 0.6) is 11.5 Å². The number of benzene rings is 9. The number of para-hydroxylation sites is 2. The van der Waals surface area contributed by atoms with Crippen LogP contribution < -0.4 is 40.6 Å². The zero-order valence-electron chi connectivity index (χ0n) is 44.4. The van der Waals surface area contributed by atoms with Gasteiger partial charge in [0.25, 0.3) is 6.71 Å². The lowest BCUT2D eigenvalue weighted by Gasteiger charge is -2.45. The molecule has 5 nitrogen and oxygen atoms in total. The molecule has 0 spiro atoms. The summed E-state index contributed by atoms with van der Waals surface area (Å²) in [6.07, 6.45) is 0. The molecule has 3 aliphatic rings. The number of hydrogen-bond donors (Lipinski definition) is 0. The van der Waals surface area contributed by atoms with Gasteiger partial charge in [0.1, 0.15) is 0 Å². The first-order chi connectivity index (χ1) is 35.5. The molecule has 0 unspecified atom stereocenters. The maximum absolute atomic E-state index is 6.07. The lowest BCUT2D eigenvalue weighted by atomic mass is 9.33. The van der Waals surface area contributed by atoms with E-state index in [2.05, 4.69) is 278 Å². The molecule has 9 aromatic carbocycles. The molecule has 0 N–H and O–H groups in total. The maximum atomic E-state index is 6.07. The third kappa shape index (κ3) is 8.31. The van der Waals surface area contributed by atoms with Crippen LogP contribution in [0, 0.1) is 6.92 Å². The molecule has 9 aromatic rings. The Bertz CT molecular complexity index is 3490. The summed E-state index contributed by atoms with van der Waals surface area (Å²) < 4.78 is 11.9. The molecule has 366 valence electrons. The number of rotatable bonds is 7. The van der Waals surface area contributed by atoms with Crippen molar-refractivity contribution in [3.05, 3.63) is 216 Å². The Morgan fingerprint density at radius 3 is 1.47 bits per heavy atom. The van der Waals surface area contributed by atoms with Gasteiger partial charge in [-0.25, -0.2) is 0 Å². The zero-order valence-corrected chi connectivity index (χ0v) is 44.4. The number of fused-ring (bicyclic) bond motifs is 5. The number of anilines is 9. The first-order valence-corrected chi connectivity index (χ1v) is 26.2. The van der Waals surface area contributed by atoms with Gasteiger partial charge < -0.3 is 24.2 Å². The molecule has 0 atom stereocenters. The average molecular weight is 966 g/mol. The molecule has 6 heteroatoms. The van der Waals surface area contributed by atoms with Gasteiger partial charge >= 0.3 is 0 Å². The van der Waals surface area contributed by atoms with Crippen LogP contribution in [-0.2, 0) is 16.2 Å². The summed E-state index contributed by atoms with van der Waals surface area (Å²) in [5.74, 6) is 1.53. The Labute approximate surface area is 438 Å². The Morgan fingerprint density at radius 2 is 0.919 bits per heavy atom. The lowest BCUT2D eigenvalue weighted by Crippen LogP contribution is -2.61. The van der Waals surface area contributed by atoms with Crippen LogP contribution in [0.25, 0.3) is 22.3 Å². The van der Waals surface area contributed by atoms with Gasteiger partial charge in [0.15, 0.2) is 11.5 Å². The molecule has 3 heterocycles. The minimum absolute atomic E-state index is 0.0322. The van der Waals surface area contributed by atoms with Crippen LogP contribution in [0.1, 0.15) is 84.6 Å². The maximum Gasteiger partial charge on any atom is 0.252 e. The highest BCUT2D eigenvalue weighted by atomic mass is 16.7. The lowest BCUT2D eigenvalue weighted by molar-refractivity contribution is 0.174. The van der Waals surface area contributed by atoms with Crippen molar-refractivity contribution in [2.24, 2.45) is 0 Å². The van der Waals surface area contributed by atoms with Crippen LogP contribution in [-0.4, -0.2) is 13.5 Å². The standard InChI is InChI=1S/C68H64BN3O2/c1-44-35-61-65-62(36-44)72(56-38-47(45-21-25-49(26-22-45)66(2,3)4)37-48(39-56)46-23-27-50(28-24-46)67(5,6)7)60-41-54(70(52-17-13-11-14-18-52)53-19-15-12-16-20-53)30-32-57(60)69(65)58-40-51(68(8,9)10)29-33-59(58)71(61)55-31-34-63-64(42-55)74-43-73-63/h11-42H,43H2,1-10H3. The fourth-order valence-electron chi connectivity index (χ4n) is 11.3. The van der Waals surface area contributed by atoms with Crippen molar-refractivity contribution < 1.29 is 9.47 Å². The van der Waals surface area contributed by atoms with E-state index >= 15 is 0 Å². The van der Waals surface area contributed by atoms with Gasteiger partial charge in [-0.3, -0.25) is 0 Å². The van der Waals surface area contributed by atoms with E-state index in [0.29, 0.717) is 0 Å². The highest BCUT2D eigenvalue weighted by Crippen LogP contribution is 2.49. The van der Waals surface area contributed by atoms with Crippen LogP contribution in [0.4, 0.5) is 51.2 Å². The Morgan fingerprint density at radius 1 is 0.392 bits per heavy atom. The van der Waals surface area contributed by atoms with E-state index < -0.39 is 0 Å². The van der Waals surface area contributed by atoms with E-state index in [0.717, 1.165) is 73.8 Å². The number of aryl methyl sites for hydroxylation is 1. The number of hydrogen-bond acceptors (Lipinski definition) is 5. The molecule has 0 amide bonds. The van der Waals surface area contributed by atoms with E-state index in [-0.39, 0.29) is 29.8 Å². The van der Waals surface area contributed by atoms with Crippen molar-refractivity contribution in [3.63, 3.8) is 0 Å². The van der Waals surface area contributed by atoms with Gasteiger partial charge in [0.05, 0.1) is 5.69 Å². The van der Waals surface area contributed by atoms with Gasteiger partial charge in [-0.15, -0.1) is 0 Å². The normalized spacial score (nSPS) is 13.6. The molecule has 0 saturated heterocycles. The van der Waals surface area contributed by atoms with Crippen molar-refractivity contribution in [2.45, 2.75) is 85.5 Å². The second-order valence-electron chi connectivity index (χ2n) is 23.6. The Kier molecular flexibility index (Phi) is 11.2. The van der Waals surface area contributed by atoms with Crippen molar-refractivity contribution in [1.29, 1.82) is 0 Å². The molecular weight excluding hydrogens is 902 g/mol. The number of nitrogens with zero attached hydrogens (tertiary/aromatic N) is 3. The highest BCUT2D eigenvalue weighted by Gasteiger charge is 2.44. The third-order valence-corrected chi connectivity index (χ3v) is 15.3. The summed E-state index contributed by atoms with van der Waals surface area (Å²) in [5.41, 5.74) is 23.6. The average Bonchev–Trinajstić information content (AvgIpc) is 3.89. The monoisotopic (exact) mass is 966 g/mol. The molecule has 0 aromatic heterocycles. The minimum atomic E-state index is -0.0821. The van der Waals surface area contributed by atoms with Gasteiger partial charge in [-0.1, -0.05) is 165 Å². The molecule has 3 aliphatic heterocycles. The first kappa shape index (κ1) is 47.1. The molecule has 0 fully saturated rings. The van der Waals surface area contributed by atoms with Gasteiger partial charge in [-0.2, -0.15) is 0 Å². The molecular formula is C68H64BN3O2. The van der Waals surface area contributed by atoms with Crippen molar-refractivity contribution >= 4 is 74.3 Å². The van der Waals surface area contributed by atoms with Crippen LogP contribution >= 0.6 is 0 Å². The van der Waals surface area contributed by atoms with Crippen molar-refractivity contribution in [1.82, 2.24) is 0 Å². The molecule has 12 rings (SSSR count).